The molecule has 1 heterocycles. The van der Waals surface area contributed by atoms with Gasteiger partial charge < -0.3 is 15.0 Å². The lowest BCUT2D eigenvalue weighted by Gasteiger charge is -2.41. The Balaban J connectivity index is 1.90. The summed E-state index contributed by atoms with van der Waals surface area (Å²) in [5.41, 5.74) is -0.342. The molecule has 1 saturated carbocycles. The maximum Gasteiger partial charge on any atom is 0.410 e. The largest absolute Gasteiger partial charge is 0.444 e. The fraction of sp³-hybridized carbons (Fsp3) is 0.929. The van der Waals surface area contributed by atoms with Crippen LogP contribution in [0.2, 0.25) is 0 Å². The van der Waals surface area contributed by atoms with Gasteiger partial charge in [0.2, 0.25) is 0 Å². The zero-order valence-corrected chi connectivity index (χ0v) is 12.1. The third kappa shape index (κ3) is 3.87. The third-order valence-electron chi connectivity index (χ3n) is 3.48. The van der Waals surface area contributed by atoms with Gasteiger partial charge in [-0.15, -0.1) is 0 Å². The van der Waals surface area contributed by atoms with Crippen molar-refractivity contribution in [1.82, 2.24) is 10.2 Å². The zero-order valence-electron chi connectivity index (χ0n) is 12.1. The number of carbonyl (C=O) groups excluding carboxylic acids is 1. The van der Waals surface area contributed by atoms with Crippen LogP contribution in [0.1, 0.15) is 53.4 Å². The van der Waals surface area contributed by atoms with Crippen molar-refractivity contribution in [2.45, 2.75) is 70.6 Å². The fourth-order valence-corrected chi connectivity index (χ4v) is 2.56. The summed E-state index contributed by atoms with van der Waals surface area (Å²) in [7, 11) is 0. The minimum atomic E-state index is -0.408. The number of rotatable bonds is 2. The van der Waals surface area contributed by atoms with Crippen molar-refractivity contribution < 1.29 is 9.53 Å². The van der Waals surface area contributed by atoms with E-state index in [1.54, 1.807) is 0 Å². The summed E-state index contributed by atoms with van der Waals surface area (Å²) in [6, 6.07) is 0.675. The van der Waals surface area contributed by atoms with Gasteiger partial charge in [-0.05, 0) is 53.4 Å². The summed E-state index contributed by atoms with van der Waals surface area (Å²) >= 11 is 0. The second kappa shape index (κ2) is 4.72. The number of hydrogen-bond donors (Lipinski definition) is 1. The van der Waals surface area contributed by atoms with Crippen molar-refractivity contribution in [2.75, 3.05) is 13.1 Å². The molecule has 0 spiro atoms. The molecule has 4 heteroatoms. The normalized spacial score (nSPS) is 29.2. The van der Waals surface area contributed by atoms with Gasteiger partial charge in [-0.3, -0.25) is 0 Å². The number of piperidine rings is 1. The summed E-state index contributed by atoms with van der Waals surface area (Å²) in [6.07, 6.45) is 4.58. The van der Waals surface area contributed by atoms with E-state index in [-0.39, 0.29) is 11.6 Å². The standard InChI is InChI=1S/C14H26N2O2/c1-13(2,3)18-12(17)16-9-5-8-14(4,10-16)15-11-6-7-11/h11,15H,5-10H2,1-4H3/t14-/m0/s1. The molecule has 1 atom stereocenters. The van der Waals surface area contributed by atoms with Crippen LogP contribution in [0, 0.1) is 0 Å². The van der Waals surface area contributed by atoms with Crippen LogP contribution < -0.4 is 5.32 Å². The number of amides is 1. The lowest BCUT2D eigenvalue weighted by molar-refractivity contribution is 0.0122. The van der Waals surface area contributed by atoms with Gasteiger partial charge >= 0.3 is 6.09 Å². The number of ether oxygens (including phenoxy) is 1. The van der Waals surface area contributed by atoms with Crippen LogP contribution in [0.4, 0.5) is 4.79 Å². The van der Waals surface area contributed by atoms with Gasteiger partial charge in [-0.25, -0.2) is 4.79 Å². The minimum Gasteiger partial charge on any atom is -0.444 e. The number of likely N-dealkylation sites (tertiary alicyclic amines) is 1. The van der Waals surface area contributed by atoms with Crippen LogP contribution in [-0.2, 0) is 4.74 Å². The Kier molecular flexibility index (Phi) is 3.58. The second-order valence-electron chi connectivity index (χ2n) is 6.98. The van der Waals surface area contributed by atoms with E-state index in [0.29, 0.717) is 6.04 Å². The van der Waals surface area contributed by atoms with E-state index in [2.05, 4.69) is 12.2 Å². The van der Waals surface area contributed by atoms with Crippen molar-refractivity contribution in [3.63, 3.8) is 0 Å². The molecular weight excluding hydrogens is 228 g/mol. The zero-order chi connectivity index (χ0) is 13.4. The average molecular weight is 254 g/mol. The predicted octanol–water partition coefficient (Wildman–Crippen LogP) is 2.53. The van der Waals surface area contributed by atoms with Gasteiger partial charge in [0.05, 0.1) is 0 Å². The molecule has 2 rings (SSSR count). The molecule has 18 heavy (non-hydrogen) atoms. The molecule has 2 fully saturated rings. The first-order valence-corrected chi connectivity index (χ1v) is 7.03. The van der Waals surface area contributed by atoms with E-state index in [4.69, 9.17) is 4.74 Å². The number of carbonyl (C=O) groups is 1. The maximum atomic E-state index is 12.1. The van der Waals surface area contributed by atoms with Gasteiger partial charge in [-0.1, -0.05) is 0 Å². The molecular formula is C14H26N2O2. The molecule has 1 aliphatic heterocycles. The average Bonchev–Trinajstić information content (AvgIpc) is 2.98. The van der Waals surface area contributed by atoms with Crippen molar-refractivity contribution >= 4 is 6.09 Å². The Morgan fingerprint density at radius 3 is 2.61 bits per heavy atom. The summed E-state index contributed by atoms with van der Waals surface area (Å²) in [5, 5.41) is 3.67. The summed E-state index contributed by atoms with van der Waals surface area (Å²) in [4.78, 5) is 13.9. The monoisotopic (exact) mass is 254 g/mol. The molecule has 1 amide bonds. The SMILES string of the molecule is CC(C)(C)OC(=O)N1CCC[C@](C)(NC2CC2)C1. The highest BCUT2D eigenvalue weighted by molar-refractivity contribution is 5.68. The highest BCUT2D eigenvalue weighted by Crippen LogP contribution is 2.28. The van der Waals surface area contributed by atoms with Crippen molar-refractivity contribution in [3.8, 4) is 0 Å². The molecule has 1 saturated heterocycles. The van der Waals surface area contributed by atoms with Crippen molar-refractivity contribution in [1.29, 1.82) is 0 Å². The van der Waals surface area contributed by atoms with E-state index < -0.39 is 5.60 Å². The topological polar surface area (TPSA) is 41.6 Å². The third-order valence-corrected chi connectivity index (χ3v) is 3.48. The van der Waals surface area contributed by atoms with Crippen LogP contribution in [0.15, 0.2) is 0 Å². The van der Waals surface area contributed by atoms with E-state index in [1.807, 2.05) is 25.7 Å². The molecule has 0 aromatic carbocycles. The van der Waals surface area contributed by atoms with Crippen LogP contribution in [-0.4, -0.2) is 41.3 Å². The molecule has 2 aliphatic rings. The Bertz CT molecular complexity index is 320. The maximum absolute atomic E-state index is 12.1. The Labute approximate surface area is 110 Å². The van der Waals surface area contributed by atoms with Gasteiger partial charge in [0.25, 0.3) is 0 Å². The van der Waals surface area contributed by atoms with Gasteiger partial charge in [0, 0.05) is 24.7 Å². The lowest BCUT2D eigenvalue weighted by Crippen LogP contribution is -2.57. The molecule has 0 bridgehead atoms. The lowest BCUT2D eigenvalue weighted by atomic mass is 9.91. The Morgan fingerprint density at radius 2 is 2.06 bits per heavy atom. The molecule has 1 N–H and O–H groups in total. The molecule has 0 aromatic heterocycles. The number of nitrogens with zero attached hydrogens (tertiary/aromatic N) is 1. The first-order valence-electron chi connectivity index (χ1n) is 7.03. The summed E-state index contributed by atoms with van der Waals surface area (Å²) in [5.74, 6) is 0. The molecule has 1 aliphatic carbocycles. The van der Waals surface area contributed by atoms with E-state index in [1.165, 1.54) is 12.8 Å². The summed E-state index contributed by atoms with van der Waals surface area (Å²) < 4.78 is 5.45. The molecule has 0 radical (unpaired) electrons. The second-order valence-corrected chi connectivity index (χ2v) is 6.98. The van der Waals surface area contributed by atoms with Crippen LogP contribution in [0.25, 0.3) is 0 Å². The number of nitrogens with one attached hydrogen (secondary N) is 1. The molecule has 0 aromatic rings. The smallest absolute Gasteiger partial charge is 0.410 e. The predicted molar refractivity (Wildman–Crippen MR) is 71.6 cm³/mol. The summed E-state index contributed by atoms with van der Waals surface area (Å²) in [6.45, 7) is 9.54. The van der Waals surface area contributed by atoms with Crippen LogP contribution >= 0.6 is 0 Å². The van der Waals surface area contributed by atoms with Gasteiger partial charge in [-0.2, -0.15) is 0 Å². The van der Waals surface area contributed by atoms with Crippen molar-refractivity contribution in [3.05, 3.63) is 0 Å². The van der Waals surface area contributed by atoms with Crippen molar-refractivity contribution in [2.24, 2.45) is 0 Å². The van der Waals surface area contributed by atoms with Crippen LogP contribution in [0.5, 0.6) is 0 Å². The quantitative estimate of drug-likeness (QED) is 0.823. The fourth-order valence-electron chi connectivity index (χ4n) is 2.56. The van der Waals surface area contributed by atoms with Crippen LogP contribution in [0.3, 0.4) is 0 Å². The first-order chi connectivity index (χ1) is 8.27. The minimum absolute atomic E-state index is 0.0658. The number of hydrogen-bond acceptors (Lipinski definition) is 3. The first kappa shape index (κ1) is 13.7. The highest BCUT2D eigenvalue weighted by Gasteiger charge is 2.38. The van der Waals surface area contributed by atoms with E-state index >= 15 is 0 Å². The molecule has 0 unspecified atom stereocenters. The van der Waals surface area contributed by atoms with E-state index in [9.17, 15) is 4.79 Å². The Morgan fingerprint density at radius 1 is 1.39 bits per heavy atom. The van der Waals surface area contributed by atoms with E-state index in [0.717, 1.165) is 25.9 Å². The molecule has 4 nitrogen and oxygen atoms in total. The van der Waals surface area contributed by atoms with Gasteiger partial charge in [0.1, 0.15) is 5.60 Å². The molecule has 104 valence electrons. The van der Waals surface area contributed by atoms with Gasteiger partial charge in [0.15, 0.2) is 0 Å². The highest BCUT2D eigenvalue weighted by atomic mass is 16.6. The Hall–Kier alpha value is -0.770.